The molecular formula is C11H16FIN2OS. The number of hydrogen-bond acceptors (Lipinski definition) is 3. The Labute approximate surface area is 117 Å². The molecule has 0 saturated carbocycles. The van der Waals surface area contributed by atoms with Gasteiger partial charge in [-0.3, -0.25) is 4.21 Å². The molecule has 0 fully saturated rings. The molecule has 2 unspecified atom stereocenters. The molecule has 0 amide bonds. The minimum atomic E-state index is -0.828. The zero-order chi connectivity index (χ0) is 13.0. The van der Waals surface area contributed by atoms with E-state index < -0.39 is 10.8 Å². The van der Waals surface area contributed by atoms with Gasteiger partial charge in [0.05, 0.1) is 14.9 Å². The zero-order valence-corrected chi connectivity index (χ0v) is 12.8. The summed E-state index contributed by atoms with van der Waals surface area (Å²) in [6, 6.07) is 2.99. The second kappa shape index (κ2) is 6.53. The Morgan fingerprint density at radius 2 is 2.24 bits per heavy atom. The van der Waals surface area contributed by atoms with Crippen LogP contribution in [0.25, 0.3) is 0 Å². The van der Waals surface area contributed by atoms with E-state index in [0.29, 0.717) is 21.5 Å². The number of hydrogen-bond donors (Lipinski definition) is 2. The first kappa shape index (κ1) is 14.7. The lowest BCUT2D eigenvalue weighted by Gasteiger charge is -2.12. The third-order valence-electron chi connectivity index (χ3n) is 2.53. The molecule has 0 saturated heterocycles. The highest BCUT2D eigenvalue weighted by molar-refractivity contribution is 14.1. The number of benzene rings is 1. The van der Waals surface area contributed by atoms with Crippen LogP contribution in [0.5, 0.6) is 0 Å². The van der Waals surface area contributed by atoms with Crippen molar-refractivity contribution in [2.24, 2.45) is 0 Å². The fourth-order valence-electron chi connectivity index (χ4n) is 1.29. The molecule has 0 aliphatic heterocycles. The van der Waals surface area contributed by atoms with Crippen molar-refractivity contribution in [1.29, 1.82) is 0 Å². The summed E-state index contributed by atoms with van der Waals surface area (Å²) < 4.78 is 25.0. The Morgan fingerprint density at radius 3 is 2.82 bits per heavy atom. The van der Waals surface area contributed by atoms with Gasteiger partial charge < -0.3 is 11.1 Å². The number of anilines is 2. The highest BCUT2D eigenvalue weighted by atomic mass is 127. The number of nitrogens with two attached hydrogens (primary N) is 1. The summed E-state index contributed by atoms with van der Waals surface area (Å²) in [4.78, 5) is 0. The minimum absolute atomic E-state index is 0.123. The molecule has 0 spiro atoms. The van der Waals surface area contributed by atoms with Crippen molar-refractivity contribution in [2.45, 2.75) is 18.6 Å². The molecule has 0 aliphatic carbocycles. The molecule has 6 heteroatoms. The van der Waals surface area contributed by atoms with Gasteiger partial charge >= 0.3 is 0 Å². The third kappa shape index (κ3) is 4.42. The van der Waals surface area contributed by atoms with Crippen LogP contribution in [-0.4, -0.2) is 22.3 Å². The molecular weight excluding hydrogens is 354 g/mol. The Balaban J connectivity index is 2.58. The van der Waals surface area contributed by atoms with E-state index in [0.717, 1.165) is 6.42 Å². The standard InChI is InChI=1S/C11H16FIN2OS/c1-7(17(2)16)3-4-15-11-5-8(12)9(13)6-10(11)14/h5-7,15H,3-4,14H2,1-2H3. The van der Waals surface area contributed by atoms with Crippen molar-refractivity contribution < 1.29 is 8.60 Å². The average Bonchev–Trinajstić information content (AvgIpc) is 2.25. The van der Waals surface area contributed by atoms with Crippen molar-refractivity contribution in [3.8, 4) is 0 Å². The van der Waals surface area contributed by atoms with Gasteiger partial charge in [-0.25, -0.2) is 4.39 Å². The summed E-state index contributed by atoms with van der Waals surface area (Å²) in [5.74, 6) is -0.283. The summed E-state index contributed by atoms with van der Waals surface area (Å²) in [6.45, 7) is 2.56. The van der Waals surface area contributed by atoms with E-state index in [2.05, 4.69) is 5.32 Å². The predicted molar refractivity (Wildman–Crippen MR) is 80.2 cm³/mol. The van der Waals surface area contributed by atoms with Crippen LogP contribution in [0.2, 0.25) is 0 Å². The number of halogens is 2. The average molecular weight is 370 g/mol. The minimum Gasteiger partial charge on any atom is -0.397 e. The Hall–Kier alpha value is -0.370. The van der Waals surface area contributed by atoms with E-state index in [1.54, 1.807) is 12.3 Å². The summed E-state index contributed by atoms with van der Waals surface area (Å²) in [7, 11) is -0.828. The molecule has 0 bridgehead atoms. The van der Waals surface area contributed by atoms with Gasteiger partial charge in [-0.1, -0.05) is 6.92 Å². The maximum absolute atomic E-state index is 13.3. The SMILES string of the molecule is CC(CCNc1cc(F)c(I)cc1N)S(C)=O. The Morgan fingerprint density at radius 1 is 1.59 bits per heavy atom. The summed E-state index contributed by atoms with van der Waals surface area (Å²) >= 11 is 1.90. The fraction of sp³-hybridized carbons (Fsp3) is 0.455. The topological polar surface area (TPSA) is 55.1 Å². The van der Waals surface area contributed by atoms with Crippen molar-refractivity contribution in [3.63, 3.8) is 0 Å². The molecule has 0 aromatic heterocycles. The van der Waals surface area contributed by atoms with E-state index in [-0.39, 0.29) is 11.1 Å². The molecule has 1 aromatic carbocycles. The van der Waals surface area contributed by atoms with Gasteiger partial charge in [-0.15, -0.1) is 0 Å². The molecule has 1 aromatic rings. The monoisotopic (exact) mass is 370 g/mol. The van der Waals surface area contributed by atoms with Gasteiger partial charge in [0, 0.05) is 34.9 Å². The molecule has 0 heterocycles. The first-order valence-corrected chi connectivity index (χ1v) is 7.92. The molecule has 2 atom stereocenters. The van der Waals surface area contributed by atoms with Crippen LogP contribution < -0.4 is 11.1 Å². The lowest BCUT2D eigenvalue weighted by atomic mass is 10.2. The van der Waals surface area contributed by atoms with Gasteiger partial charge in [0.2, 0.25) is 0 Å². The first-order chi connectivity index (χ1) is 7.91. The van der Waals surface area contributed by atoms with Crippen LogP contribution in [0, 0.1) is 9.39 Å². The molecule has 3 nitrogen and oxygen atoms in total. The Kier molecular flexibility index (Phi) is 5.64. The maximum atomic E-state index is 13.3. The molecule has 3 N–H and O–H groups in total. The van der Waals surface area contributed by atoms with Gasteiger partial charge in [0.1, 0.15) is 5.82 Å². The molecule has 96 valence electrons. The highest BCUT2D eigenvalue weighted by Gasteiger charge is 2.08. The van der Waals surface area contributed by atoms with Gasteiger partial charge in [0.25, 0.3) is 0 Å². The first-order valence-electron chi connectivity index (χ1n) is 5.22. The zero-order valence-electron chi connectivity index (χ0n) is 9.80. The normalized spacial score (nSPS) is 14.4. The van der Waals surface area contributed by atoms with E-state index in [1.807, 2.05) is 29.5 Å². The molecule has 1 rings (SSSR count). The molecule has 0 aliphatic rings. The maximum Gasteiger partial charge on any atom is 0.138 e. The fourth-order valence-corrected chi connectivity index (χ4v) is 2.23. The summed E-state index contributed by atoms with van der Waals surface area (Å²) in [5.41, 5.74) is 6.90. The van der Waals surface area contributed by atoms with Crippen LogP contribution in [0.15, 0.2) is 12.1 Å². The smallest absolute Gasteiger partial charge is 0.138 e. The van der Waals surface area contributed by atoms with Crippen LogP contribution in [0.4, 0.5) is 15.8 Å². The molecule has 0 radical (unpaired) electrons. The Bertz CT molecular complexity index is 428. The second-order valence-corrected chi connectivity index (χ2v) is 6.84. The van der Waals surface area contributed by atoms with Crippen LogP contribution in [0.1, 0.15) is 13.3 Å². The van der Waals surface area contributed by atoms with Crippen LogP contribution >= 0.6 is 22.6 Å². The van der Waals surface area contributed by atoms with E-state index in [1.165, 1.54) is 6.07 Å². The predicted octanol–water partition coefficient (Wildman–Crippen LogP) is 2.58. The van der Waals surface area contributed by atoms with Gasteiger partial charge in [0.15, 0.2) is 0 Å². The molecule has 17 heavy (non-hydrogen) atoms. The highest BCUT2D eigenvalue weighted by Crippen LogP contribution is 2.24. The summed E-state index contributed by atoms with van der Waals surface area (Å²) in [6.07, 6.45) is 2.44. The van der Waals surface area contributed by atoms with Crippen molar-refractivity contribution >= 4 is 44.8 Å². The number of rotatable bonds is 5. The van der Waals surface area contributed by atoms with E-state index in [9.17, 15) is 8.60 Å². The lowest BCUT2D eigenvalue weighted by molar-refractivity contribution is 0.621. The summed E-state index contributed by atoms with van der Waals surface area (Å²) in [5, 5.41) is 3.19. The van der Waals surface area contributed by atoms with Crippen LogP contribution in [0.3, 0.4) is 0 Å². The number of nitrogens with one attached hydrogen (secondary N) is 1. The third-order valence-corrected chi connectivity index (χ3v) is 4.72. The lowest BCUT2D eigenvalue weighted by Crippen LogP contribution is -2.15. The van der Waals surface area contributed by atoms with E-state index >= 15 is 0 Å². The quantitative estimate of drug-likeness (QED) is 0.619. The van der Waals surface area contributed by atoms with Crippen molar-refractivity contribution in [3.05, 3.63) is 21.5 Å². The van der Waals surface area contributed by atoms with Gasteiger partial charge in [-0.05, 0) is 35.1 Å². The van der Waals surface area contributed by atoms with Crippen molar-refractivity contribution in [1.82, 2.24) is 0 Å². The van der Waals surface area contributed by atoms with Crippen molar-refractivity contribution in [2.75, 3.05) is 23.9 Å². The van der Waals surface area contributed by atoms with Crippen LogP contribution in [-0.2, 0) is 10.8 Å². The van der Waals surface area contributed by atoms with E-state index in [4.69, 9.17) is 5.73 Å². The second-order valence-electron chi connectivity index (χ2n) is 3.88. The number of nitrogen functional groups attached to an aromatic ring is 1. The largest absolute Gasteiger partial charge is 0.397 e. The van der Waals surface area contributed by atoms with Gasteiger partial charge in [-0.2, -0.15) is 0 Å².